The van der Waals surface area contributed by atoms with Gasteiger partial charge in [0.2, 0.25) is 5.76 Å². The minimum atomic E-state index is -0.499. The number of carbonyl (C=O) groups is 1. The fraction of sp³-hybridized carbons (Fsp3) is 0.222. The molecule has 3 heterocycles. The third-order valence-corrected chi connectivity index (χ3v) is 5.20. The molecule has 1 atom stereocenters. The van der Waals surface area contributed by atoms with Crippen LogP contribution >= 0.6 is 11.3 Å². The van der Waals surface area contributed by atoms with Gasteiger partial charge in [0.1, 0.15) is 5.58 Å². The number of carbonyl (C=O) groups excluding carboxylic acids is 1. The van der Waals surface area contributed by atoms with Gasteiger partial charge in [-0.15, -0.1) is 11.3 Å². The largest absolute Gasteiger partial charge is 0.450 e. The summed E-state index contributed by atoms with van der Waals surface area (Å²) >= 11 is 1.48. The predicted octanol–water partition coefficient (Wildman–Crippen LogP) is 2.70. The van der Waals surface area contributed by atoms with Crippen molar-refractivity contribution in [1.29, 1.82) is 0 Å². The zero-order valence-corrected chi connectivity index (χ0v) is 13.8. The van der Waals surface area contributed by atoms with Crippen molar-refractivity contribution < 1.29 is 14.3 Å². The third kappa shape index (κ3) is 2.11. The molecule has 0 spiro atoms. The number of hydrogen-bond donors (Lipinski definition) is 1. The second kappa shape index (κ2) is 5.58. The van der Waals surface area contributed by atoms with Crippen LogP contribution in [0.15, 0.2) is 44.9 Å². The number of aryl methyl sites for hydroxylation is 1. The Morgan fingerprint density at radius 2 is 2.12 bits per heavy atom. The van der Waals surface area contributed by atoms with Crippen molar-refractivity contribution in [2.45, 2.75) is 13.0 Å². The summed E-state index contributed by atoms with van der Waals surface area (Å²) in [5.41, 5.74) is 1.56. The highest BCUT2D eigenvalue weighted by Gasteiger charge is 2.42. The highest BCUT2D eigenvalue weighted by molar-refractivity contribution is 7.10. The summed E-state index contributed by atoms with van der Waals surface area (Å²) in [6.45, 7) is 1.89. The predicted molar refractivity (Wildman–Crippen MR) is 91.5 cm³/mol. The third-order valence-electron chi connectivity index (χ3n) is 4.27. The van der Waals surface area contributed by atoms with E-state index in [0.29, 0.717) is 16.5 Å². The molecule has 6 heteroatoms. The van der Waals surface area contributed by atoms with Crippen LogP contribution in [0.5, 0.6) is 0 Å². The fourth-order valence-corrected chi connectivity index (χ4v) is 4.06. The molecule has 5 nitrogen and oxygen atoms in total. The van der Waals surface area contributed by atoms with Crippen molar-refractivity contribution in [3.05, 3.63) is 67.7 Å². The lowest BCUT2D eigenvalue weighted by atomic mass is 10.0. The number of hydrogen-bond acceptors (Lipinski definition) is 5. The molecule has 4 rings (SSSR count). The van der Waals surface area contributed by atoms with Crippen LogP contribution in [0, 0.1) is 6.92 Å². The Morgan fingerprint density at radius 3 is 2.83 bits per heavy atom. The van der Waals surface area contributed by atoms with E-state index in [4.69, 9.17) is 4.42 Å². The monoisotopic (exact) mass is 341 g/mol. The van der Waals surface area contributed by atoms with E-state index >= 15 is 0 Å². The summed E-state index contributed by atoms with van der Waals surface area (Å²) < 4.78 is 5.79. The first-order chi connectivity index (χ1) is 11.6. The number of rotatable bonds is 3. The van der Waals surface area contributed by atoms with Crippen LogP contribution in [0.4, 0.5) is 0 Å². The number of aliphatic hydroxyl groups is 1. The van der Waals surface area contributed by atoms with E-state index in [1.807, 2.05) is 30.5 Å². The molecule has 122 valence electrons. The molecular formula is C18H15NO4S. The van der Waals surface area contributed by atoms with Gasteiger partial charge < -0.3 is 14.4 Å². The Bertz CT molecular complexity index is 990. The Hall–Kier alpha value is -2.44. The Labute approximate surface area is 141 Å². The van der Waals surface area contributed by atoms with Crippen LogP contribution in [0.2, 0.25) is 0 Å². The van der Waals surface area contributed by atoms with Gasteiger partial charge >= 0.3 is 0 Å². The summed E-state index contributed by atoms with van der Waals surface area (Å²) in [4.78, 5) is 28.2. The number of nitrogens with zero attached hydrogens (tertiary/aromatic N) is 1. The van der Waals surface area contributed by atoms with Gasteiger partial charge in [0.05, 0.1) is 23.6 Å². The Balaban J connectivity index is 2.03. The van der Waals surface area contributed by atoms with Crippen molar-refractivity contribution in [2.75, 3.05) is 13.2 Å². The second-order valence-electron chi connectivity index (χ2n) is 5.81. The average Bonchev–Trinajstić information content (AvgIpc) is 3.17. The van der Waals surface area contributed by atoms with Crippen LogP contribution in [0.3, 0.4) is 0 Å². The number of benzene rings is 1. The van der Waals surface area contributed by atoms with Gasteiger partial charge in [-0.3, -0.25) is 9.59 Å². The minimum Gasteiger partial charge on any atom is -0.450 e. The lowest BCUT2D eigenvalue weighted by Crippen LogP contribution is -2.31. The Kier molecular flexibility index (Phi) is 3.51. The quantitative estimate of drug-likeness (QED) is 0.795. The summed E-state index contributed by atoms with van der Waals surface area (Å²) in [5.74, 6) is -0.264. The lowest BCUT2D eigenvalue weighted by Gasteiger charge is -2.22. The zero-order chi connectivity index (χ0) is 16.8. The molecule has 24 heavy (non-hydrogen) atoms. The van der Waals surface area contributed by atoms with Gasteiger partial charge in [-0.2, -0.15) is 0 Å². The highest BCUT2D eigenvalue weighted by atomic mass is 32.1. The first-order valence-electron chi connectivity index (χ1n) is 7.64. The average molecular weight is 341 g/mol. The minimum absolute atomic E-state index is 0.0863. The first kappa shape index (κ1) is 15.1. The van der Waals surface area contributed by atoms with Gasteiger partial charge in [0.15, 0.2) is 5.43 Å². The van der Waals surface area contributed by atoms with Crippen molar-refractivity contribution in [1.82, 2.24) is 4.90 Å². The summed E-state index contributed by atoms with van der Waals surface area (Å²) in [6.07, 6.45) is 0. The standard InChI is InChI=1S/C18H15NO4S/c1-10-4-5-12-11(9-10)16(21)14-15(13-3-2-8-24-13)19(6-7-20)18(22)17(14)23-12/h2-5,8-9,15,20H,6-7H2,1H3. The topological polar surface area (TPSA) is 70.8 Å². The van der Waals surface area contributed by atoms with E-state index < -0.39 is 6.04 Å². The van der Waals surface area contributed by atoms with Crippen molar-refractivity contribution in [2.24, 2.45) is 0 Å². The van der Waals surface area contributed by atoms with Crippen LogP contribution in [-0.2, 0) is 0 Å². The summed E-state index contributed by atoms with van der Waals surface area (Å²) in [6, 6.07) is 8.62. The van der Waals surface area contributed by atoms with Gasteiger partial charge in [-0.05, 0) is 30.5 Å². The molecule has 0 radical (unpaired) electrons. The van der Waals surface area contributed by atoms with Crippen LogP contribution < -0.4 is 5.43 Å². The summed E-state index contributed by atoms with van der Waals surface area (Å²) in [5, 5.41) is 11.7. The van der Waals surface area contributed by atoms with E-state index in [1.54, 1.807) is 12.1 Å². The number of β-amino-alcohol motifs (C(OH)–C–C–N with tert-alkyl or cyclic N) is 1. The Morgan fingerprint density at radius 1 is 1.29 bits per heavy atom. The van der Waals surface area contributed by atoms with Gasteiger partial charge in [-0.25, -0.2) is 0 Å². The van der Waals surface area contributed by atoms with Gasteiger partial charge in [0.25, 0.3) is 5.91 Å². The van der Waals surface area contributed by atoms with Crippen LogP contribution in [-0.4, -0.2) is 29.1 Å². The maximum absolute atomic E-state index is 13.1. The molecule has 0 bridgehead atoms. The zero-order valence-electron chi connectivity index (χ0n) is 13.0. The number of aliphatic hydroxyl groups excluding tert-OH is 1. The maximum Gasteiger partial charge on any atom is 0.291 e. The number of fused-ring (bicyclic) bond motifs is 2. The molecule has 0 fully saturated rings. The van der Waals surface area contributed by atoms with E-state index in [9.17, 15) is 14.7 Å². The van der Waals surface area contributed by atoms with Crippen molar-refractivity contribution >= 4 is 28.2 Å². The van der Waals surface area contributed by atoms with Gasteiger partial charge in [0, 0.05) is 11.4 Å². The molecule has 0 saturated heterocycles. The molecule has 2 aromatic heterocycles. The second-order valence-corrected chi connectivity index (χ2v) is 6.79. The first-order valence-corrected chi connectivity index (χ1v) is 8.52. The molecule has 1 aliphatic heterocycles. The van der Waals surface area contributed by atoms with Gasteiger partial charge in [-0.1, -0.05) is 17.7 Å². The molecule has 3 aromatic rings. The highest BCUT2D eigenvalue weighted by Crippen LogP contribution is 2.39. The molecule has 1 aliphatic rings. The summed E-state index contributed by atoms with van der Waals surface area (Å²) in [7, 11) is 0. The molecule has 1 unspecified atom stereocenters. The lowest BCUT2D eigenvalue weighted by molar-refractivity contribution is 0.0693. The van der Waals surface area contributed by atoms with E-state index in [-0.39, 0.29) is 30.2 Å². The number of amides is 1. The number of thiophene rings is 1. The smallest absolute Gasteiger partial charge is 0.291 e. The fourth-order valence-electron chi connectivity index (χ4n) is 3.22. The van der Waals surface area contributed by atoms with Crippen molar-refractivity contribution in [3.8, 4) is 0 Å². The van der Waals surface area contributed by atoms with E-state index in [0.717, 1.165) is 10.4 Å². The van der Waals surface area contributed by atoms with E-state index in [2.05, 4.69) is 0 Å². The molecule has 1 aromatic carbocycles. The molecule has 0 saturated carbocycles. The van der Waals surface area contributed by atoms with E-state index in [1.165, 1.54) is 16.2 Å². The molecule has 1 amide bonds. The van der Waals surface area contributed by atoms with Crippen LogP contribution in [0.1, 0.15) is 32.6 Å². The van der Waals surface area contributed by atoms with Crippen LogP contribution in [0.25, 0.3) is 11.0 Å². The normalized spacial score (nSPS) is 16.8. The molecular weight excluding hydrogens is 326 g/mol. The molecule has 1 N–H and O–H groups in total. The van der Waals surface area contributed by atoms with Crippen molar-refractivity contribution in [3.63, 3.8) is 0 Å². The maximum atomic E-state index is 13.1. The SMILES string of the molecule is Cc1ccc2oc3c(c(=O)c2c1)C(c1cccs1)N(CCO)C3=O. The molecule has 0 aliphatic carbocycles.